The van der Waals surface area contributed by atoms with Crippen LogP contribution in [0.25, 0.3) is 0 Å². The summed E-state index contributed by atoms with van der Waals surface area (Å²) in [6.45, 7) is 0. The van der Waals surface area contributed by atoms with Crippen molar-refractivity contribution in [2.75, 3.05) is 0 Å². The molecule has 0 aliphatic heterocycles. The molecule has 3 rings (SSSR count). The highest BCUT2D eigenvalue weighted by atomic mass is 35.5. The summed E-state index contributed by atoms with van der Waals surface area (Å²) in [5.74, 6) is 0.522. The lowest BCUT2D eigenvalue weighted by Crippen LogP contribution is -2.42. The van der Waals surface area contributed by atoms with E-state index in [1.165, 1.54) is 24.8 Å². The lowest BCUT2D eigenvalue weighted by atomic mass is 9.80. The molecule has 1 fully saturated rings. The second-order valence-corrected chi connectivity index (χ2v) is 6.76. The lowest BCUT2D eigenvalue weighted by Gasteiger charge is -2.32. The Balaban J connectivity index is 1.66. The van der Waals surface area contributed by atoms with Crippen molar-refractivity contribution >= 4 is 17.5 Å². The van der Waals surface area contributed by atoms with Gasteiger partial charge in [-0.05, 0) is 55.0 Å². The van der Waals surface area contributed by atoms with E-state index in [4.69, 9.17) is 11.6 Å². The molecule has 2 aromatic carbocycles. The summed E-state index contributed by atoms with van der Waals surface area (Å²) in [5.41, 5.74) is 2.03. The molecule has 120 valence electrons. The van der Waals surface area contributed by atoms with Gasteiger partial charge in [-0.1, -0.05) is 54.8 Å². The van der Waals surface area contributed by atoms with Crippen LogP contribution in [0.3, 0.4) is 0 Å². The van der Waals surface area contributed by atoms with Gasteiger partial charge in [-0.2, -0.15) is 0 Å². The van der Waals surface area contributed by atoms with Gasteiger partial charge < -0.3 is 5.32 Å². The van der Waals surface area contributed by atoms with Crippen LogP contribution in [0, 0.1) is 5.92 Å². The Labute approximate surface area is 142 Å². The molecule has 23 heavy (non-hydrogen) atoms. The zero-order valence-corrected chi connectivity index (χ0v) is 13.9. The Bertz CT molecular complexity index is 638. The minimum atomic E-state index is 0.00614. The third kappa shape index (κ3) is 4.35. The van der Waals surface area contributed by atoms with E-state index in [9.17, 15) is 4.79 Å². The van der Waals surface area contributed by atoms with Crippen molar-refractivity contribution in [2.24, 2.45) is 5.92 Å². The third-order valence-corrected chi connectivity index (χ3v) is 4.92. The summed E-state index contributed by atoms with van der Waals surface area (Å²) >= 11 is 5.89. The molecule has 1 aliphatic rings. The van der Waals surface area contributed by atoms with Crippen LogP contribution in [-0.4, -0.2) is 11.9 Å². The fourth-order valence-electron chi connectivity index (χ4n) is 3.41. The van der Waals surface area contributed by atoms with Crippen molar-refractivity contribution in [3.8, 4) is 0 Å². The second-order valence-electron chi connectivity index (χ2n) is 6.32. The minimum Gasteiger partial charge on any atom is -0.349 e. The summed E-state index contributed by atoms with van der Waals surface area (Å²) in [4.78, 5) is 12.5. The molecule has 2 aromatic rings. The predicted octanol–water partition coefficient (Wildman–Crippen LogP) is 4.87. The first kappa shape index (κ1) is 16.1. The van der Waals surface area contributed by atoms with E-state index < -0.39 is 0 Å². The summed E-state index contributed by atoms with van der Waals surface area (Å²) in [7, 11) is 0. The number of carbonyl (C=O) groups is 1. The van der Waals surface area contributed by atoms with Crippen LogP contribution < -0.4 is 5.32 Å². The highest BCUT2D eigenvalue weighted by Crippen LogP contribution is 2.28. The second kappa shape index (κ2) is 7.65. The zero-order chi connectivity index (χ0) is 16.1. The van der Waals surface area contributed by atoms with Gasteiger partial charge in [0.15, 0.2) is 0 Å². The molecule has 1 aliphatic carbocycles. The van der Waals surface area contributed by atoms with Gasteiger partial charge in [0.25, 0.3) is 5.91 Å². The third-order valence-electron chi connectivity index (χ3n) is 4.67. The molecule has 1 amide bonds. The van der Waals surface area contributed by atoms with E-state index >= 15 is 0 Å². The van der Waals surface area contributed by atoms with Crippen LogP contribution in [0.1, 0.15) is 41.6 Å². The van der Waals surface area contributed by atoms with Crippen LogP contribution >= 0.6 is 11.6 Å². The zero-order valence-electron chi connectivity index (χ0n) is 13.2. The van der Waals surface area contributed by atoms with Gasteiger partial charge in [0.2, 0.25) is 0 Å². The average Bonchev–Trinajstić information content (AvgIpc) is 2.58. The smallest absolute Gasteiger partial charge is 0.251 e. The van der Waals surface area contributed by atoms with E-state index in [0.717, 1.165) is 12.8 Å². The number of amides is 1. The number of hydrogen-bond acceptors (Lipinski definition) is 1. The number of halogens is 1. The van der Waals surface area contributed by atoms with Gasteiger partial charge >= 0.3 is 0 Å². The van der Waals surface area contributed by atoms with Crippen molar-refractivity contribution in [1.82, 2.24) is 5.32 Å². The van der Waals surface area contributed by atoms with Crippen molar-refractivity contribution in [2.45, 2.75) is 38.1 Å². The maximum atomic E-state index is 12.5. The quantitative estimate of drug-likeness (QED) is 0.852. The Morgan fingerprint density at radius 2 is 1.70 bits per heavy atom. The highest BCUT2D eigenvalue weighted by molar-refractivity contribution is 6.30. The average molecular weight is 328 g/mol. The molecule has 2 unspecified atom stereocenters. The topological polar surface area (TPSA) is 29.1 Å². The number of nitrogens with one attached hydrogen (secondary N) is 1. The fourth-order valence-corrected chi connectivity index (χ4v) is 3.54. The van der Waals surface area contributed by atoms with E-state index in [2.05, 4.69) is 29.6 Å². The molecule has 3 heteroatoms. The Hall–Kier alpha value is -1.80. The van der Waals surface area contributed by atoms with Gasteiger partial charge in [0.05, 0.1) is 0 Å². The summed E-state index contributed by atoms with van der Waals surface area (Å²) < 4.78 is 0. The molecule has 0 radical (unpaired) electrons. The molecule has 0 saturated heterocycles. The molecule has 0 heterocycles. The van der Waals surface area contributed by atoms with Gasteiger partial charge in [0, 0.05) is 16.6 Å². The van der Waals surface area contributed by atoms with Crippen molar-refractivity contribution in [1.29, 1.82) is 0 Å². The molecule has 0 aromatic heterocycles. The lowest BCUT2D eigenvalue weighted by molar-refractivity contribution is 0.0905. The Morgan fingerprint density at radius 3 is 2.43 bits per heavy atom. The Morgan fingerprint density at radius 1 is 1.00 bits per heavy atom. The van der Waals surface area contributed by atoms with Crippen molar-refractivity contribution < 1.29 is 4.79 Å². The van der Waals surface area contributed by atoms with Crippen LogP contribution in [0.5, 0.6) is 0 Å². The molecule has 1 saturated carbocycles. The molecule has 2 atom stereocenters. The minimum absolute atomic E-state index is 0.00614. The molecule has 1 N–H and O–H groups in total. The van der Waals surface area contributed by atoms with Crippen LogP contribution in [0.15, 0.2) is 54.6 Å². The standard InChI is InChI=1S/C20H22ClNO/c21-18-12-10-16(11-13-18)20(23)22-19-9-5-4-8-17(19)14-15-6-2-1-3-7-15/h1-3,6-7,10-13,17,19H,4-5,8-9,14H2,(H,22,23). The molecule has 0 spiro atoms. The number of hydrogen-bond donors (Lipinski definition) is 1. The first-order valence-corrected chi connectivity index (χ1v) is 8.70. The number of carbonyl (C=O) groups excluding carboxylic acids is 1. The summed E-state index contributed by atoms with van der Waals surface area (Å²) in [5, 5.41) is 3.90. The Kier molecular flexibility index (Phi) is 5.35. The van der Waals surface area contributed by atoms with Gasteiger partial charge in [0.1, 0.15) is 0 Å². The van der Waals surface area contributed by atoms with E-state index in [-0.39, 0.29) is 11.9 Å². The first-order valence-electron chi connectivity index (χ1n) is 8.33. The van der Waals surface area contributed by atoms with Crippen LogP contribution in [-0.2, 0) is 6.42 Å². The number of benzene rings is 2. The summed E-state index contributed by atoms with van der Waals surface area (Å²) in [6.07, 6.45) is 5.73. The SMILES string of the molecule is O=C(NC1CCCCC1Cc1ccccc1)c1ccc(Cl)cc1. The highest BCUT2D eigenvalue weighted by Gasteiger charge is 2.26. The van der Waals surface area contributed by atoms with E-state index in [1.54, 1.807) is 24.3 Å². The van der Waals surface area contributed by atoms with Crippen LogP contribution in [0.4, 0.5) is 0 Å². The maximum absolute atomic E-state index is 12.5. The molecular formula is C20H22ClNO. The summed E-state index contributed by atoms with van der Waals surface area (Å²) in [6, 6.07) is 17.9. The van der Waals surface area contributed by atoms with Crippen LogP contribution in [0.2, 0.25) is 5.02 Å². The maximum Gasteiger partial charge on any atom is 0.251 e. The van der Waals surface area contributed by atoms with Gasteiger partial charge in [-0.25, -0.2) is 0 Å². The van der Waals surface area contributed by atoms with Crippen molar-refractivity contribution in [3.63, 3.8) is 0 Å². The van der Waals surface area contributed by atoms with Crippen molar-refractivity contribution in [3.05, 3.63) is 70.7 Å². The van der Waals surface area contributed by atoms with E-state index in [1.807, 2.05) is 6.07 Å². The molecule has 0 bridgehead atoms. The predicted molar refractivity (Wildman–Crippen MR) is 94.8 cm³/mol. The molecular weight excluding hydrogens is 306 g/mol. The normalized spacial score (nSPS) is 20.9. The van der Waals surface area contributed by atoms with E-state index in [0.29, 0.717) is 16.5 Å². The monoisotopic (exact) mass is 327 g/mol. The fraction of sp³-hybridized carbons (Fsp3) is 0.350. The first-order chi connectivity index (χ1) is 11.2. The number of rotatable bonds is 4. The molecule has 2 nitrogen and oxygen atoms in total. The van der Waals surface area contributed by atoms with Gasteiger partial charge in [-0.3, -0.25) is 4.79 Å². The largest absolute Gasteiger partial charge is 0.349 e. The van der Waals surface area contributed by atoms with Gasteiger partial charge in [-0.15, -0.1) is 0 Å².